The fraction of sp³-hybridized carbons (Fsp3) is 0.538. The summed E-state index contributed by atoms with van der Waals surface area (Å²) in [4.78, 5) is 10.8. The lowest BCUT2D eigenvalue weighted by molar-refractivity contribution is 0.171. The third-order valence-electron chi connectivity index (χ3n) is 3.48. The minimum absolute atomic E-state index is 0.226. The third kappa shape index (κ3) is 2.54. The number of rotatable bonds is 4. The van der Waals surface area contributed by atoms with E-state index in [1.165, 1.54) is 0 Å². The van der Waals surface area contributed by atoms with Gasteiger partial charge in [-0.15, -0.1) is 10.2 Å². The highest BCUT2D eigenvalue weighted by molar-refractivity contribution is 5.34. The molecule has 1 atom stereocenters. The van der Waals surface area contributed by atoms with Gasteiger partial charge in [-0.3, -0.25) is 0 Å². The summed E-state index contributed by atoms with van der Waals surface area (Å²) >= 11 is 0. The molecule has 1 aliphatic rings. The lowest BCUT2D eigenvalue weighted by atomic mass is 10.2. The molecule has 0 saturated carbocycles. The standard InChI is InChI=1S/C13H18N6O2/c1-9-6-18(13-14-5-4-12(15-13)21-3)7-10-16-17-11(8-20-2)19(9)10/h4-5,9H,6-8H2,1-3H3/t9-/m0/s1. The molecule has 0 bridgehead atoms. The zero-order chi connectivity index (χ0) is 14.8. The number of nitrogens with zero attached hydrogens (tertiary/aromatic N) is 6. The van der Waals surface area contributed by atoms with Crippen LogP contribution in [0, 0.1) is 0 Å². The summed E-state index contributed by atoms with van der Waals surface area (Å²) < 4.78 is 12.4. The highest BCUT2D eigenvalue weighted by Gasteiger charge is 2.27. The van der Waals surface area contributed by atoms with E-state index in [0.29, 0.717) is 25.0 Å². The van der Waals surface area contributed by atoms with Crippen LogP contribution in [0.4, 0.5) is 5.95 Å². The molecular weight excluding hydrogens is 272 g/mol. The van der Waals surface area contributed by atoms with Gasteiger partial charge in [-0.1, -0.05) is 0 Å². The molecule has 3 heterocycles. The Hall–Kier alpha value is -2.22. The summed E-state index contributed by atoms with van der Waals surface area (Å²) in [5.41, 5.74) is 0. The maximum absolute atomic E-state index is 5.16. The summed E-state index contributed by atoms with van der Waals surface area (Å²) in [7, 11) is 3.25. The van der Waals surface area contributed by atoms with Gasteiger partial charge in [0, 0.05) is 25.9 Å². The van der Waals surface area contributed by atoms with Crippen molar-refractivity contribution in [1.29, 1.82) is 0 Å². The average Bonchev–Trinajstić information content (AvgIpc) is 2.91. The van der Waals surface area contributed by atoms with Crippen molar-refractivity contribution in [3.8, 4) is 5.88 Å². The Kier molecular flexibility index (Phi) is 3.70. The van der Waals surface area contributed by atoms with Crippen molar-refractivity contribution < 1.29 is 9.47 Å². The first-order valence-electron chi connectivity index (χ1n) is 6.76. The molecule has 8 heteroatoms. The minimum Gasteiger partial charge on any atom is -0.481 e. The molecule has 2 aromatic rings. The topological polar surface area (TPSA) is 78.2 Å². The molecule has 0 aliphatic carbocycles. The average molecular weight is 290 g/mol. The van der Waals surface area contributed by atoms with Crippen LogP contribution >= 0.6 is 0 Å². The molecule has 8 nitrogen and oxygen atoms in total. The Morgan fingerprint density at radius 3 is 2.95 bits per heavy atom. The Morgan fingerprint density at radius 2 is 2.19 bits per heavy atom. The largest absolute Gasteiger partial charge is 0.481 e. The van der Waals surface area contributed by atoms with Gasteiger partial charge in [0.25, 0.3) is 0 Å². The molecule has 1 aliphatic heterocycles. The lowest BCUT2D eigenvalue weighted by Gasteiger charge is -2.32. The van der Waals surface area contributed by atoms with Crippen LogP contribution in [-0.4, -0.2) is 45.5 Å². The molecule has 0 amide bonds. The smallest absolute Gasteiger partial charge is 0.229 e. The third-order valence-corrected chi connectivity index (χ3v) is 3.48. The van der Waals surface area contributed by atoms with Crippen LogP contribution in [0.15, 0.2) is 12.3 Å². The second kappa shape index (κ2) is 5.65. The van der Waals surface area contributed by atoms with Gasteiger partial charge >= 0.3 is 0 Å². The lowest BCUT2D eigenvalue weighted by Crippen LogP contribution is -2.38. The molecule has 2 aromatic heterocycles. The summed E-state index contributed by atoms with van der Waals surface area (Å²) in [6, 6.07) is 1.96. The molecule has 112 valence electrons. The number of aromatic nitrogens is 5. The van der Waals surface area contributed by atoms with Crippen molar-refractivity contribution in [3.63, 3.8) is 0 Å². The van der Waals surface area contributed by atoms with E-state index in [1.54, 1.807) is 26.5 Å². The SMILES string of the molecule is COCc1nnc2n1[C@@H](C)CN(c1nccc(OC)n1)C2. The number of fused-ring (bicyclic) bond motifs is 1. The van der Waals surface area contributed by atoms with Gasteiger partial charge in [0.1, 0.15) is 6.61 Å². The van der Waals surface area contributed by atoms with Crippen molar-refractivity contribution in [2.24, 2.45) is 0 Å². The number of hydrogen-bond acceptors (Lipinski definition) is 7. The zero-order valence-corrected chi connectivity index (χ0v) is 12.4. The molecule has 21 heavy (non-hydrogen) atoms. The van der Waals surface area contributed by atoms with E-state index in [2.05, 4.69) is 36.6 Å². The normalized spacial score (nSPS) is 17.7. The Balaban J connectivity index is 1.88. The van der Waals surface area contributed by atoms with Crippen LogP contribution < -0.4 is 9.64 Å². The second-order valence-electron chi connectivity index (χ2n) is 4.96. The monoisotopic (exact) mass is 290 g/mol. The van der Waals surface area contributed by atoms with Crippen LogP contribution in [0.2, 0.25) is 0 Å². The first-order valence-corrected chi connectivity index (χ1v) is 6.76. The van der Waals surface area contributed by atoms with Crippen molar-refractivity contribution in [2.75, 3.05) is 25.7 Å². The van der Waals surface area contributed by atoms with Gasteiger partial charge in [0.2, 0.25) is 11.8 Å². The first-order chi connectivity index (χ1) is 10.2. The van der Waals surface area contributed by atoms with Crippen molar-refractivity contribution in [2.45, 2.75) is 26.1 Å². The van der Waals surface area contributed by atoms with Gasteiger partial charge in [0.15, 0.2) is 11.6 Å². The maximum atomic E-state index is 5.16. The maximum Gasteiger partial charge on any atom is 0.229 e. The summed E-state index contributed by atoms with van der Waals surface area (Å²) in [6.45, 7) is 3.99. The molecule has 0 saturated heterocycles. The first kappa shape index (κ1) is 13.7. The Morgan fingerprint density at radius 1 is 1.33 bits per heavy atom. The predicted molar refractivity (Wildman–Crippen MR) is 75.1 cm³/mol. The van der Waals surface area contributed by atoms with E-state index in [1.807, 2.05) is 0 Å². The summed E-state index contributed by atoms with van der Waals surface area (Å²) in [6.07, 6.45) is 1.70. The van der Waals surface area contributed by atoms with Gasteiger partial charge in [-0.2, -0.15) is 4.98 Å². The Labute approximate surface area is 122 Å². The highest BCUT2D eigenvalue weighted by atomic mass is 16.5. The fourth-order valence-corrected chi connectivity index (χ4v) is 2.59. The minimum atomic E-state index is 0.226. The van der Waals surface area contributed by atoms with Gasteiger partial charge in [0.05, 0.1) is 19.7 Å². The van der Waals surface area contributed by atoms with E-state index in [4.69, 9.17) is 9.47 Å². The van der Waals surface area contributed by atoms with E-state index < -0.39 is 0 Å². The van der Waals surface area contributed by atoms with Crippen LogP contribution in [-0.2, 0) is 17.9 Å². The van der Waals surface area contributed by atoms with E-state index in [-0.39, 0.29) is 6.04 Å². The summed E-state index contributed by atoms with van der Waals surface area (Å²) in [5.74, 6) is 2.95. The number of hydrogen-bond donors (Lipinski definition) is 0. The van der Waals surface area contributed by atoms with E-state index >= 15 is 0 Å². The molecule has 0 N–H and O–H groups in total. The van der Waals surface area contributed by atoms with Gasteiger partial charge in [-0.25, -0.2) is 4.98 Å². The molecule has 0 radical (unpaired) electrons. The molecular formula is C13H18N6O2. The van der Waals surface area contributed by atoms with Crippen molar-refractivity contribution in [3.05, 3.63) is 23.9 Å². The summed E-state index contributed by atoms with van der Waals surface area (Å²) in [5, 5.41) is 8.44. The molecule has 0 aromatic carbocycles. The quantitative estimate of drug-likeness (QED) is 0.824. The predicted octanol–water partition coefficient (Wildman–Crippen LogP) is 0.804. The van der Waals surface area contributed by atoms with Gasteiger partial charge < -0.3 is 18.9 Å². The molecule has 0 fully saturated rings. The van der Waals surface area contributed by atoms with E-state index in [9.17, 15) is 0 Å². The van der Waals surface area contributed by atoms with Crippen LogP contribution in [0.3, 0.4) is 0 Å². The van der Waals surface area contributed by atoms with Crippen molar-refractivity contribution in [1.82, 2.24) is 24.7 Å². The number of anilines is 1. The highest BCUT2D eigenvalue weighted by Crippen LogP contribution is 2.25. The van der Waals surface area contributed by atoms with Crippen LogP contribution in [0.1, 0.15) is 24.6 Å². The van der Waals surface area contributed by atoms with Crippen LogP contribution in [0.25, 0.3) is 0 Å². The van der Waals surface area contributed by atoms with Crippen molar-refractivity contribution >= 4 is 5.95 Å². The number of ether oxygens (including phenoxy) is 2. The molecule has 0 spiro atoms. The zero-order valence-electron chi connectivity index (χ0n) is 12.4. The molecule has 3 rings (SSSR count). The molecule has 0 unspecified atom stereocenters. The second-order valence-corrected chi connectivity index (χ2v) is 4.96. The Bertz CT molecular complexity index is 629. The number of methoxy groups -OCH3 is 2. The van der Waals surface area contributed by atoms with Gasteiger partial charge in [-0.05, 0) is 6.92 Å². The fourth-order valence-electron chi connectivity index (χ4n) is 2.59. The van der Waals surface area contributed by atoms with Crippen LogP contribution in [0.5, 0.6) is 5.88 Å². The van der Waals surface area contributed by atoms with E-state index in [0.717, 1.165) is 18.2 Å².